The van der Waals surface area contributed by atoms with E-state index >= 15 is 0 Å². The molecule has 0 atom stereocenters. The van der Waals surface area contributed by atoms with Crippen molar-refractivity contribution >= 4 is 17.5 Å². The average molecular weight is 307 g/mol. The molecule has 8 heteroatoms. The van der Waals surface area contributed by atoms with Gasteiger partial charge in [0.1, 0.15) is 5.75 Å². The summed E-state index contributed by atoms with van der Waals surface area (Å²) in [6, 6.07) is 6.76. The molecule has 7 nitrogen and oxygen atoms in total. The summed E-state index contributed by atoms with van der Waals surface area (Å²) in [4.78, 5) is 36.3. The maximum absolute atomic E-state index is 12.0. The van der Waals surface area contributed by atoms with Crippen molar-refractivity contribution in [1.82, 2.24) is 15.2 Å². The van der Waals surface area contributed by atoms with Gasteiger partial charge in [-0.05, 0) is 31.2 Å². The number of hydrogen-bond acceptors (Lipinski definition) is 6. The van der Waals surface area contributed by atoms with Crippen molar-refractivity contribution in [3.05, 3.63) is 50.7 Å². The van der Waals surface area contributed by atoms with Crippen LogP contribution in [-0.4, -0.2) is 33.3 Å². The summed E-state index contributed by atoms with van der Waals surface area (Å²) in [5, 5.41) is 5.76. The van der Waals surface area contributed by atoms with Crippen LogP contribution in [0.1, 0.15) is 17.3 Å². The van der Waals surface area contributed by atoms with Crippen LogP contribution in [0.15, 0.2) is 38.9 Å². The third-order valence-corrected chi connectivity index (χ3v) is 3.46. The Morgan fingerprint density at radius 3 is 2.62 bits per heavy atom. The molecule has 0 aliphatic heterocycles. The van der Waals surface area contributed by atoms with Crippen LogP contribution < -0.4 is 16.0 Å². The summed E-state index contributed by atoms with van der Waals surface area (Å²) in [5.74, 6) is 0.603. The second-order valence-electron chi connectivity index (χ2n) is 3.98. The number of carbonyl (C=O) groups excluding carboxylic acids is 1. The minimum atomic E-state index is -0.679. The minimum Gasteiger partial charge on any atom is -0.494 e. The Morgan fingerprint density at radius 2 is 2.00 bits per heavy atom. The summed E-state index contributed by atoms with van der Waals surface area (Å²) in [7, 11) is 0. The molecule has 0 unspecified atom stereocenters. The van der Waals surface area contributed by atoms with Gasteiger partial charge in [0, 0.05) is 5.56 Å². The summed E-state index contributed by atoms with van der Waals surface area (Å²) in [5.41, 5.74) is -0.766. The first-order valence-electron chi connectivity index (χ1n) is 6.18. The van der Waals surface area contributed by atoms with Gasteiger partial charge in [0.2, 0.25) is 0 Å². The van der Waals surface area contributed by atoms with Crippen molar-refractivity contribution in [2.75, 3.05) is 12.4 Å². The molecule has 110 valence electrons. The van der Waals surface area contributed by atoms with E-state index in [0.29, 0.717) is 17.9 Å². The molecule has 1 heterocycles. The molecule has 2 rings (SSSR count). The van der Waals surface area contributed by atoms with E-state index in [1.54, 1.807) is 24.3 Å². The fourth-order valence-electron chi connectivity index (χ4n) is 1.56. The predicted octanol–water partition coefficient (Wildman–Crippen LogP) is 0.832. The van der Waals surface area contributed by atoms with Gasteiger partial charge < -0.3 is 4.74 Å². The number of ketones is 1. The molecular formula is C13H13N3O4S. The van der Waals surface area contributed by atoms with Crippen molar-refractivity contribution < 1.29 is 9.53 Å². The Labute approximate surface area is 123 Å². The van der Waals surface area contributed by atoms with E-state index in [0.717, 1.165) is 11.8 Å². The smallest absolute Gasteiger partial charge is 0.342 e. The number of carbonyl (C=O) groups is 1. The minimum absolute atomic E-state index is 0.0499. The number of thioether (sulfide) groups is 1. The first-order chi connectivity index (χ1) is 10.1. The molecule has 0 saturated heterocycles. The molecule has 2 N–H and O–H groups in total. The maximum Gasteiger partial charge on any atom is 0.342 e. The number of rotatable bonds is 6. The molecule has 0 aliphatic rings. The van der Waals surface area contributed by atoms with Gasteiger partial charge in [0.15, 0.2) is 10.8 Å². The molecule has 21 heavy (non-hydrogen) atoms. The number of nitrogens with zero attached hydrogens (tertiary/aromatic N) is 1. The van der Waals surface area contributed by atoms with Gasteiger partial charge in [0.05, 0.1) is 12.4 Å². The summed E-state index contributed by atoms with van der Waals surface area (Å²) < 4.78 is 5.29. The lowest BCUT2D eigenvalue weighted by Gasteiger charge is -2.04. The van der Waals surface area contributed by atoms with Crippen LogP contribution in [0.2, 0.25) is 0 Å². The molecular weight excluding hydrogens is 294 g/mol. The van der Waals surface area contributed by atoms with Gasteiger partial charge in [-0.1, -0.05) is 11.8 Å². The van der Waals surface area contributed by atoms with E-state index < -0.39 is 11.2 Å². The zero-order chi connectivity index (χ0) is 15.2. The number of aromatic nitrogens is 3. The predicted molar refractivity (Wildman–Crippen MR) is 78.1 cm³/mol. The van der Waals surface area contributed by atoms with Gasteiger partial charge in [0.25, 0.3) is 5.56 Å². The summed E-state index contributed by atoms with van der Waals surface area (Å²) in [6.45, 7) is 2.44. The number of Topliss-reactive ketones (excluding diaryl/α,β-unsaturated/α-hetero) is 1. The highest BCUT2D eigenvalue weighted by atomic mass is 32.2. The van der Waals surface area contributed by atoms with E-state index in [9.17, 15) is 14.4 Å². The fraction of sp³-hybridized carbons (Fsp3) is 0.231. The molecule has 0 radical (unpaired) electrons. The second kappa shape index (κ2) is 6.89. The molecule has 0 aliphatic carbocycles. The molecule has 0 saturated carbocycles. The lowest BCUT2D eigenvalue weighted by Crippen LogP contribution is -2.25. The maximum atomic E-state index is 12.0. The topological polar surface area (TPSA) is 105 Å². The van der Waals surface area contributed by atoms with Gasteiger partial charge in [-0.25, -0.2) is 9.89 Å². The van der Waals surface area contributed by atoms with E-state index in [2.05, 4.69) is 10.2 Å². The Kier molecular flexibility index (Phi) is 4.94. The highest BCUT2D eigenvalue weighted by Gasteiger charge is 2.10. The van der Waals surface area contributed by atoms with E-state index in [4.69, 9.17) is 4.74 Å². The van der Waals surface area contributed by atoms with Crippen LogP contribution in [0, 0.1) is 0 Å². The third-order valence-electron chi connectivity index (χ3n) is 2.51. The van der Waals surface area contributed by atoms with Gasteiger partial charge in [-0.15, -0.1) is 0 Å². The van der Waals surface area contributed by atoms with Crippen molar-refractivity contribution in [3.8, 4) is 5.75 Å². The molecule has 1 aromatic heterocycles. The standard InChI is InChI=1S/C13H13N3O4S/c1-2-20-9-5-3-8(4-6-9)10(17)7-21-12-11(18)14-13(19)16-15-12/h3-6H,2,7H2,1H3,(H2,14,16,18,19). The zero-order valence-corrected chi connectivity index (χ0v) is 12.0. The third kappa shape index (κ3) is 4.06. The number of nitrogens with one attached hydrogen (secondary N) is 2. The number of ether oxygens (including phenoxy) is 1. The highest BCUT2D eigenvalue weighted by Crippen LogP contribution is 2.15. The van der Waals surface area contributed by atoms with Crippen LogP contribution in [-0.2, 0) is 0 Å². The monoisotopic (exact) mass is 307 g/mol. The summed E-state index contributed by atoms with van der Waals surface area (Å²) in [6.07, 6.45) is 0. The molecule has 2 aromatic rings. The molecule has 0 bridgehead atoms. The Hall–Kier alpha value is -2.35. The van der Waals surface area contributed by atoms with Crippen LogP contribution in [0.4, 0.5) is 0 Å². The Bertz CT molecular complexity index is 736. The Balaban J connectivity index is 2.01. The highest BCUT2D eigenvalue weighted by molar-refractivity contribution is 7.99. The Morgan fingerprint density at radius 1 is 1.29 bits per heavy atom. The lowest BCUT2D eigenvalue weighted by atomic mass is 10.1. The molecule has 0 amide bonds. The number of hydrogen-bond donors (Lipinski definition) is 2. The summed E-state index contributed by atoms with van der Waals surface area (Å²) >= 11 is 0.967. The second-order valence-corrected chi connectivity index (χ2v) is 4.95. The zero-order valence-electron chi connectivity index (χ0n) is 11.2. The van der Waals surface area contributed by atoms with Crippen LogP contribution >= 0.6 is 11.8 Å². The van der Waals surface area contributed by atoms with Crippen molar-refractivity contribution in [1.29, 1.82) is 0 Å². The van der Waals surface area contributed by atoms with Gasteiger partial charge >= 0.3 is 5.69 Å². The fourth-order valence-corrected chi connectivity index (χ4v) is 2.28. The molecule has 0 spiro atoms. The molecule has 0 fully saturated rings. The SMILES string of the molecule is CCOc1ccc(C(=O)CSc2n[nH]c(=O)[nH]c2=O)cc1. The van der Waals surface area contributed by atoms with Crippen molar-refractivity contribution in [3.63, 3.8) is 0 Å². The number of benzene rings is 1. The van der Waals surface area contributed by atoms with Crippen LogP contribution in [0.25, 0.3) is 0 Å². The lowest BCUT2D eigenvalue weighted by molar-refractivity contribution is 0.102. The van der Waals surface area contributed by atoms with E-state index in [1.165, 1.54) is 0 Å². The average Bonchev–Trinajstić information content (AvgIpc) is 2.47. The van der Waals surface area contributed by atoms with Gasteiger partial charge in [-0.3, -0.25) is 14.6 Å². The van der Waals surface area contributed by atoms with E-state index in [-0.39, 0.29) is 16.6 Å². The van der Waals surface area contributed by atoms with Crippen LogP contribution in [0.3, 0.4) is 0 Å². The van der Waals surface area contributed by atoms with Crippen LogP contribution in [0.5, 0.6) is 5.75 Å². The van der Waals surface area contributed by atoms with Crippen molar-refractivity contribution in [2.24, 2.45) is 0 Å². The largest absolute Gasteiger partial charge is 0.494 e. The first-order valence-corrected chi connectivity index (χ1v) is 7.16. The van der Waals surface area contributed by atoms with Gasteiger partial charge in [-0.2, -0.15) is 5.10 Å². The van der Waals surface area contributed by atoms with Crippen molar-refractivity contribution in [2.45, 2.75) is 11.9 Å². The van der Waals surface area contributed by atoms with E-state index in [1.807, 2.05) is 11.9 Å². The molecule has 1 aromatic carbocycles. The quantitative estimate of drug-likeness (QED) is 0.605. The first kappa shape index (κ1) is 15.0. The normalized spacial score (nSPS) is 10.3. The number of aromatic amines is 2. The number of H-pyrrole nitrogens is 2.